The van der Waals surface area contributed by atoms with E-state index in [2.05, 4.69) is 4.98 Å². The molecule has 0 aliphatic carbocycles. The third-order valence-electron chi connectivity index (χ3n) is 5.48. The molecule has 0 saturated carbocycles. The van der Waals surface area contributed by atoms with E-state index in [1.165, 1.54) is 0 Å². The molecule has 2 amide bonds. The number of ether oxygens (including phenoxy) is 1. The molecule has 4 heterocycles. The Morgan fingerprint density at radius 3 is 2.79 bits per heavy atom. The summed E-state index contributed by atoms with van der Waals surface area (Å²) in [6, 6.07) is 4.16. The third kappa shape index (κ3) is 2.79. The summed E-state index contributed by atoms with van der Waals surface area (Å²) in [6.07, 6.45) is 7.18. The van der Waals surface area contributed by atoms with Crippen LogP contribution in [0.15, 0.2) is 24.5 Å². The molecule has 0 bridgehead atoms. The van der Waals surface area contributed by atoms with Gasteiger partial charge in [0.05, 0.1) is 12.1 Å². The number of pyridine rings is 1. The number of hydrogen-bond donors (Lipinski definition) is 0. The van der Waals surface area contributed by atoms with E-state index in [9.17, 15) is 9.59 Å². The summed E-state index contributed by atoms with van der Waals surface area (Å²) in [7, 11) is 0. The van der Waals surface area contributed by atoms with Gasteiger partial charge in [-0.1, -0.05) is 0 Å². The molecule has 24 heavy (non-hydrogen) atoms. The molecule has 3 aliphatic rings. The zero-order chi connectivity index (χ0) is 16.5. The number of likely N-dealkylation sites (tertiary alicyclic amines) is 2. The van der Waals surface area contributed by atoms with Crippen molar-refractivity contribution in [3.05, 3.63) is 30.1 Å². The summed E-state index contributed by atoms with van der Waals surface area (Å²) in [6.45, 7) is 2.02. The van der Waals surface area contributed by atoms with Gasteiger partial charge in [-0.2, -0.15) is 0 Å². The molecule has 0 aromatic carbocycles. The normalized spacial score (nSPS) is 29.8. The molecule has 6 nitrogen and oxygen atoms in total. The molecule has 3 fully saturated rings. The standard InChI is InChI=1S/C18H23N3O3/c22-17-4-3-14-15(21(17)12-13-5-8-19-9-6-13)7-10-20(14)18(23)16-2-1-11-24-16/h5-6,8-9,14-16H,1-4,7,10-12H2/t14-,15-,16?/m1/s1. The van der Waals surface area contributed by atoms with Crippen molar-refractivity contribution in [1.29, 1.82) is 0 Å². The number of carbonyl (C=O) groups excluding carboxylic acids is 2. The minimum absolute atomic E-state index is 0.123. The van der Waals surface area contributed by atoms with E-state index in [0.29, 0.717) is 19.6 Å². The van der Waals surface area contributed by atoms with Gasteiger partial charge in [-0.15, -0.1) is 0 Å². The predicted octanol–water partition coefficient (Wildman–Crippen LogP) is 1.35. The van der Waals surface area contributed by atoms with Gasteiger partial charge in [-0.3, -0.25) is 14.6 Å². The number of nitrogens with zero attached hydrogens (tertiary/aromatic N) is 3. The Kier molecular flexibility index (Phi) is 4.22. The highest BCUT2D eigenvalue weighted by atomic mass is 16.5. The highest BCUT2D eigenvalue weighted by molar-refractivity contribution is 5.83. The predicted molar refractivity (Wildman–Crippen MR) is 86.9 cm³/mol. The fourth-order valence-corrected chi connectivity index (χ4v) is 4.27. The molecule has 0 spiro atoms. The minimum Gasteiger partial charge on any atom is -0.368 e. The van der Waals surface area contributed by atoms with Gasteiger partial charge in [0.25, 0.3) is 5.91 Å². The van der Waals surface area contributed by atoms with Crippen molar-refractivity contribution in [2.24, 2.45) is 0 Å². The van der Waals surface area contributed by atoms with E-state index in [-0.39, 0.29) is 30.0 Å². The number of aromatic nitrogens is 1. The lowest BCUT2D eigenvalue weighted by Crippen LogP contribution is -2.54. The van der Waals surface area contributed by atoms with Gasteiger partial charge in [0.1, 0.15) is 6.10 Å². The van der Waals surface area contributed by atoms with Crippen LogP contribution in [-0.2, 0) is 20.9 Å². The fraction of sp³-hybridized carbons (Fsp3) is 0.611. The summed E-state index contributed by atoms with van der Waals surface area (Å²) in [5.74, 6) is 0.317. The van der Waals surface area contributed by atoms with Crippen LogP contribution in [0.3, 0.4) is 0 Å². The quantitative estimate of drug-likeness (QED) is 0.840. The maximum Gasteiger partial charge on any atom is 0.252 e. The Balaban J connectivity index is 1.49. The topological polar surface area (TPSA) is 62.7 Å². The van der Waals surface area contributed by atoms with E-state index in [0.717, 1.165) is 37.8 Å². The lowest BCUT2D eigenvalue weighted by molar-refractivity contribution is -0.147. The first-order valence-corrected chi connectivity index (χ1v) is 8.84. The largest absolute Gasteiger partial charge is 0.368 e. The van der Waals surface area contributed by atoms with Crippen LogP contribution < -0.4 is 0 Å². The molecule has 4 rings (SSSR count). The molecule has 0 N–H and O–H groups in total. The van der Waals surface area contributed by atoms with Gasteiger partial charge in [-0.05, 0) is 43.4 Å². The Morgan fingerprint density at radius 2 is 2.04 bits per heavy atom. The SMILES string of the molecule is O=C1CC[C@@H]2[C@@H](CCN2C(=O)C2CCCO2)N1Cc1ccncc1. The molecular formula is C18H23N3O3. The van der Waals surface area contributed by atoms with Crippen LogP contribution in [0.5, 0.6) is 0 Å². The molecule has 1 aromatic heterocycles. The average molecular weight is 329 g/mol. The summed E-state index contributed by atoms with van der Waals surface area (Å²) in [4.78, 5) is 33.2. The number of rotatable bonds is 3. The summed E-state index contributed by atoms with van der Waals surface area (Å²) in [5.41, 5.74) is 1.09. The van der Waals surface area contributed by atoms with Crippen LogP contribution in [-0.4, -0.2) is 57.9 Å². The number of fused-ring (bicyclic) bond motifs is 1. The van der Waals surface area contributed by atoms with Crippen molar-refractivity contribution < 1.29 is 14.3 Å². The average Bonchev–Trinajstić information content (AvgIpc) is 3.27. The van der Waals surface area contributed by atoms with Crippen LogP contribution in [0.4, 0.5) is 0 Å². The Hall–Kier alpha value is -1.95. The molecular weight excluding hydrogens is 306 g/mol. The van der Waals surface area contributed by atoms with Crippen LogP contribution in [0.2, 0.25) is 0 Å². The first-order valence-electron chi connectivity index (χ1n) is 8.84. The Bertz CT molecular complexity index is 615. The zero-order valence-corrected chi connectivity index (χ0v) is 13.8. The van der Waals surface area contributed by atoms with Gasteiger partial charge in [0, 0.05) is 38.5 Å². The van der Waals surface area contributed by atoms with Crippen molar-refractivity contribution in [2.75, 3.05) is 13.2 Å². The third-order valence-corrected chi connectivity index (χ3v) is 5.48. The lowest BCUT2D eigenvalue weighted by Gasteiger charge is -2.40. The number of hydrogen-bond acceptors (Lipinski definition) is 4. The van der Waals surface area contributed by atoms with Gasteiger partial charge in [0.15, 0.2) is 0 Å². The van der Waals surface area contributed by atoms with Crippen molar-refractivity contribution in [3.63, 3.8) is 0 Å². The molecule has 0 radical (unpaired) electrons. The maximum atomic E-state index is 12.7. The maximum absolute atomic E-state index is 12.7. The highest BCUT2D eigenvalue weighted by Gasteiger charge is 2.46. The number of amides is 2. The first-order chi connectivity index (χ1) is 11.7. The van der Waals surface area contributed by atoms with E-state index in [4.69, 9.17) is 4.74 Å². The molecule has 128 valence electrons. The molecule has 3 aliphatic heterocycles. The fourth-order valence-electron chi connectivity index (χ4n) is 4.27. The van der Waals surface area contributed by atoms with Crippen LogP contribution in [0.1, 0.15) is 37.7 Å². The second-order valence-corrected chi connectivity index (χ2v) is 6.87. The Morgan fingerprint density at radius 1 is 1.21 bits per heavy atom. The molecule has 1 unspecified atom stereocenters. The zero-order valence-electron chi connectivity index (χ0n) is 13.8. The van der Waals surface area contributed by atoms with Crippen LogP contribution >= 0.6 is 0 Å². The summed E-state index contributed by atoms with van der Waals surface area (Å²) >= 11 is 0. The van der Waals surface area contributed by atoms with Gasteiger partial charge in [0.2, 0.25) is 5.91 Å². The van der Waals surface area contributed by atoms with Crippen molar-refractivity contribution in [1.82, 2.24) is 14.8 Å². The van der Waals surface area contributed by atoms with Crippen LogP contribution in [0.25, 0.3) is 0 Å². The van der Waals surface area contributed by atoms with E-state index in [1.54, 1.807) is 12.4 Å². The van der Waals surface area contributed by atoms with E-state index >= 15 is 0 Å². The highest BCUT2D eigenvalue weighted by Crippen LogP contribution is 2.33. The summed E-state index contributed by atoms with van der Waals surface area (Å²) < 4.78 is 5.57. The van der Waals surface area contributed by atoms with Gasteiger partial charge < -0.3 is 14.5 Å². The second kappa shape index (κ2) is 6.51. The second-order valence-electron chi connectivity index (χ2n) is 6.87. The molecule has 3 saturated heterocycles. The van der Waals surface area contributed by atoms with Crippen molar-refractivity contribution in [2.45, 2.75) is 56.8 Å². The molecule has 3 atom stereocenters. The van der Waals surface area contributed by atoms with Crippen LogP contribution in [0, 0.1) is 0 Å². The van der Waals surface area contributed by atoms with Crippen molar-refractivity contribution in [3.8, 4) is 0 Å². The smallest absolute Gasteiger partial charge is 0.252 e. The molecule has 1 aromatic rings. The van der Waals surface area contributed by atoms with Gasteiger partial charge >= 0.3 is 0 Å². The van der Waals surface area contributed by atoms with E-state index in [1.807, 2.05) is 21.9 Å². The Labute approximate surface area is 141 Å². The molecule has 6 heteroatoms. The summed E-state index contributed by atoms with van der Waals surface area (Å²) in [5, 5.41) is 0. The minimum atomic E-state index is -0.268. The van der Waals surface area contributed by atoms with E-state index < -0.39 is 0 Å². The van der Waals surface area contributed by atoms with Crippen molar-refractivity contribution >= 4 is 11.8 Å². The monoisotopic (exact) mass is 329 g/mol. The number of piperidine rings is 1. The van der Waals surface area contributed by atoms with Gasteiger partial charge in [-0.25, -0.2) is 0 Å². The first kappa shape index (κ1) is 15.6. The lowest BCUT2D eigenvalue weighted by atomic mass is 9.95. The number of carbonyl (C=O) groups is 2.